The molecule has 1 aliphatic rings. The number of nitro groups is 1. The molecule has 0 spiro atoms. The van der Waals surface area contributed by atoms with Crippen LogP contribution in [0.25, 0.3) is 0 Å². The summed E-state index contributed by atoms with van der Waals surface area (Å²) in [6, 6.07) is 4.31. The van der Waals surface area contributed by atoms with Crippen molar-refractivity contribution in [3.05, 3.63) is 33.3 Å². The molecule has 1 N–H and O–H groups in total. The number of halogens is 1. The van der Waals surface area contributed by atoms with Crippen molar-refractivity contribution >= 4 is 28.9 Å². The lowest BCUT2D eigenvalue weighted by Gasteiger charge is -2.18. The number of carbonyl (C=O) groups is 1. The van der Waals surface area contributed by atoms with Crippen LogP contribution >= 0.6 is 11.6 Å². The first-order valence-electron chi connectivity index (χ1n) is 5.82. The summed E-state index contributed by atoms with van der Waals surface area (Å²) in [4.78, 5) is 23.3. The number of nitrogens with zero attached hydrogens (tertiary/aromatic N) is 2. The second-order valence-corrected chi connectivity index (χ2v) is 5.15. The normalized spacial score (nSPS) is 22.5. The summed E-state index contributed by atoms with van der Waals surface area (Å²) >= 11 is 5.87. The van der Waals surface area contributed by atoms with E-state index in [1.54, 1.807) is 4.90 Å². The molecule has 1 fully saturated rings. The Labute approximate surface area is 114 Å². The molecule has 1 aliphatic heterocycles. The van der Waals surface area contributed by atoms with E-state index in [1.165, 1.54) is 18.2 Å². The highest BCUT2D eigenvalue weighted by Crippen LogP contribution is 2.36. The molecule has 0 amide bonds. The van der Waals surface area contributed by atoms with Gasteiger partial charge in [-0.15, -0.1) is 0 Å². The maximum absolute atomic E-state index is 11.1. The Morgan fingerprint density at radius 1 is 1.53 bits per heavy atom. The SMILES string of the molecule is CC1CN(c2cc(Cl)ccc2[N+](=O)[O-])CC1C(=O)O. The van der Waals surface area contributed by atoms with Crippen LogP contribution in [0.1, 0.15) is 6.92 Å². The molecule has 2 atom stereocenters. The number of benzene rings is 1. The fraction of sp³-hybridized carbons (Fsp3) is 0.417. The summed E-state index contributed by atoms with van der Waals surface area (Å²) in [7, 11) is 0. The van der Waals surface area contributed by atoms with E-state index in [4.69, 9.17) is 16.7 Å². The van der Waals surface area contributed by atoms with E-state index in [9.17, 15) is 14.9 Å². The van der Waals surface area contributed by atoms with Gasteiger partial charge in [-0.1, -0.05) is 18.5 Å². The van der Waals surface area contributed by atoms with Crippen molar-refractivity contribution in [1.29, 1.82) is 0 Å². The van der Waals surface area contributed by atoms with Crippen molar-refractivity contribution in [3.63, 3.8) is 0 Å². The summed E-state index contributed by atoms with van der Waals surface area (Å²) in [6.07, 6.45) is 0. The standard InChI is InChI=1S/C12H13ClN2O4/c1-7-5-14(6-9(7)12(16)17)11-4-8(13)2-3-10(11)15(18)19/h2-4,7,9H,5-6H2,1H3,(H,16,17). The largest absolute Gasteiger partial charge is 0.481 e. The van der Waals surface area contributed by atoms with E-state index in [0.29, 0.717) is 17.3 Å². The van der Waals surface area contributed by atoms with Crippen LogP contribution in [0.2, 0.25) is 5.02 Å². The molecular weight excluding hydrogens is 272 g/mol. The highest BCUT2D eigenvalue weighted by molar-refractivity contribution is 6.31. The van der Waals surface area contributed by atoms with Crippen LogP contribution in [-0.2, 0) is 4.79 Å². The van der Waals surface area contributed by atoms with E-state index < -0.39 is 16.8 Å². The highest BCUT2D eigenvalue weighted by atomic mass is 35.5. The van der Waals surface area contributed by atoms with Crippen molar-refractivity contribution < 1.29 is 14.8 Å². The number of carboxylic acid groups (broad SMARTS) is 1. The monoisotopic (exact) mass is 284 g/mol. The van der Waals surface area contributed by atoms with Gasteiger partial charge in [0, 0.05) is 24.2 Å². The third-order valence-corrected chi connectivity index (χ3v) is 3.64. The molecule has 1 aromatic rings. The summed E-state index contributed by atoms with van der Waals surface area (Å²) in [5, 5.41) is 20.5. The molecule has 1 saturated heterocycles. The van der Waals surface area contributed by atoms with Gasteiger partial charge in [-0.25, -0.2) is 0 Å². The predicted molar refractivity (Wildman–Crippen MR) is 70.6 cm³/mol. The number of aliphatic carboxylic acids is 1. The van der Waals surface area contributed by atoms with Crippen molar-refractivity contribution in [2.45, 2.75) is 6.92 Å². The maximum Gasteiger partial charge on any atom is 0.308 e. The minimum atomic E-state index is -0.875. The minimum Gasteiger partial charge on any atom is -0.481 e. The van der Waals surface area contributed by atoms with Crippen LogP contribution < -0.4 is 4.90 Å². The molecule has 102 valence electrons. The first-order chi connectivity index (χ1) is 8.90. The molecule has 6 nitrogen and oxygen atoms in total. The molecule has 2 unspecified atom stereocenters. The van der Waals surface area contributed by atoms with Gasteiger partial charge in [-0.05, 0) is 18.1 Å². The van der Waals surface area contributed by atoms with Gasteiger partial charge in [0.25, 0.3) is 5.69 Å². The lowest BCUT2D eigenvalue weighted by atomic mass is 9.99. The van der Waals surface area contributed by atoms with E-state index >= 15 is 0 Å². The molecule has 1 aromatic carbocycles. The van der Waals surface area contributed by atoms with Gasteiger partial charge in [-0.2, -0.15) is 0 Å². The second-order valence-electron chi connectivity index (χ2n) is 4.72. The fourth-order valence-corrected chi connectivity index (χ4v) is 2.56. The molecule has 0 aromatic heterocycles. The van der Waals surface area contributed by atoms with Crippen LogP contribution in [-0.4, -0.2) is 29.1 Å². The Balaban J connectivity index is 2.35. The van der Waals surface area contributed by atoms with Gasteiger partial charge < -0.3 is 10.0 Å². The predicted octanol–water partition coefficient (Wildman–Crippen LogP) is 2.41. The first-order valence-corrected chi connectivity index (χ1v) is 6.19. The van der Waals surface area contributed by atoms with Gasteiger partial charge >= 0.3 is 5.97 Å². The van der Waals surface area contributed by atoms with Crippen molar-refractivity contribution in [3.8, 4) is 0 Å². The van der Waals surface area contributed by atoms with E-state index in [2.05, 4.69) is 0 Å². The second kappa shape index (κ2) is 5.05. The molecule has 0 saturated carbocycles. The number of anilines is 1. The Kier molecular flexibility index (Phi) is 3.61. The highest BCUT2D eigenvalue weighted by Gasteiger charge is 2.37. The summed E-state index contributed by atoms with van der Waals surface area (Å²) in [6.45, 7) is 2.56. The van der Waals surface area contributed by atoms with Crippen molar-refractivity contribution in [2.75, 3.05) is 18.0 Å². The van der Waals surface area contributed by atoms with Gasteiger partial charge in [0.1, 0.15) is 5.69 Å². The number of rotatable bonds is 3. The summed E-state index contributed by atoms with van der Waals surface area (Å²) in [5.41, 5.74) is 0.329. The minimum absolute atomic E-state index is 0.0531. The Morgan fingerprint density at radius 2 is 2.21 bits per heavy atom. The van der Waals surface area contributed by atoms with Gasteiger partial charge in [0.2, 0.25) is 0 Å². The fourth-order valence-electron chi connectivity index (χ4n) is 2.39. The quantitative estimate of drug-likeness (QED) is 0.680. The summed E-state index contributed by atoms with van der Waals surface area (Å²) < 4.78 is 0. The van der Waals surface area contributed by atoms with Crippen LogP contribution in [0.15, 0.2) is 18.2 Å². The zero-order valence-corrected chi connectivity index (χ0v) is 11.0. The number of nitro benzene ring substituents is 1. The van der Waals surface area contributed by atoms with E-state index in [1.807, 2.05) is 6.92 Å². The average molecular weight is 285 g/mol. The van der Waals surface area contributed by atoms with E-state index in [-0.39, 0.29) is 18.2 Å². The van der Waals surface area contributed by atoms with Crippen LogP contribution in [0.5, 0.6) is 0 Å². The van der Waals surface area contributed by atoms with Gasteiger partial charge in [-0.3, -0.25) is 14.9 Å². The molecule has 0 radical (unpaired) electrons. The zero-order chi connectivity index (χ0) is 14.2. The maximum atomic E-state index is 11.1. The zero-order valence-electron chi connectivity index (χ0n) is 10.2. The van der Waals surface area contributed by atoms with Crippen molar-refractivity contribution in [1.82, 2.24) is 0 Å². The molecule has 0 bridgehead atoms. The number of hydrogen-bond donors (Lipinski definition) is 1. The Hall–Kier alpha value is -1.82. The molecule has 0 aliphatic carbocycles. The number of carboxylic acids is 1. The third kappa shape index (κ3) is 2.63. The average Bonchev–Trinajstić information content (AvgIpc) is 2.70. The van der Waals surface area contributed by atoms with E-state index in [0.717, 1.165) is 0 Å². The lowest BCUT2D eigenvalue weighted by molar-refractivity contribution is -0.384. The van der Waals surface area contributed by atoms with Crippen LogP contribution in [0.4, 0.5) is 11.4 Å². The Bertz CT molecular complexity index is 534. The summed E-state index contributed by atoms with van der Waals surface area (Å²) in [5.74, 6) is -1.45. The lowest BCUT2D eigenvalue weighted by Crippen LogP contribution is -2.23. The van der Waals surface area contributed by atoms with Crippen LogP contribution in [0, 0.1) is 22.0 Å². The smallest absolute Gasteiger partial charge is 0.308 e. The molecule has 1 heterocycles. The van der Waals surface area contributed by atoms with Gasteiger partial charge in [0.05, 0.1) is 10.8 Å². The molecule has 7 heteroatoms. The molecule has 2 rings (SSSR count). The third-order valence-electron chi connectivity index (χ3n) is 3.40. The van der Waals surface area contributed by atoms with Crippen molar-refractivity contribution in [2.24, 2.45) is 11.8 Å². The first kappa shape index (κ1) is 13.6. The molecular formula is C12H13ClN2O4. The molecule has 19 heavy (non-hydrogen) atoms. The van der Waals surface area contributed by atoms with Gasteiger partial charge in [0.15, 0.2) is 0 Å². The topological polar surface area (TPSA) is 83.7 Å². The number of hydrogen-bond acceptors (Lipinski definition) is 4. The van der Waals surface area contributed by atoms with Crippen LogP contribution in [0.3, 0.4) is 0 Å². The Morgan fingerprint density at radius 3 is 2.74 bits per heavy atom.